The van der Waals surface area contributed by atoms with Gasteiger partial charge in [0.15, 0.2) is 6.29 Å². The third-order valence-electron chi connectivity index (χ3n) is 11.6. The fourth-order valence-electron chi connectivity index (χ4n) is 7.67. The molecule has 0 radical (unpaired) electrons. The van der Waals surface area contributed by atoms with Crippen LogP contribution in [0.4, 0.5) is 0 Å². The van der Waals surface area contributed by atoms with Crippen molar-refractivity contribution < 1.29 is 49.1 Å². The maximum Gasteiger partial charge on any atom is 0.303 e. The van der Waals surface area contributed by atoms with Crippen LogP contribution in [-0.2, 0) is 28.7 Å². The van der Waals surface area contributed by atoms with Gasteiger partial charge >= 0.3 is 5.97 Å². The lowest BCUT2D eigenvalue weighted by atomic mass is 9.92. The van der Waals surface area contributed by atoms with E-state index >= 15 is 0 Å². The van der Waals surface area contributed by atoms with Gasteiger partial charge in [-0.3, -0.25) is 19.2 Å². The topological polar surface area (TPSA) is 204 Å². The molecule has 0 aromatic carbocycles. The van der Waals surface area contributed by atoms with Gasteiger partial charge < -0.3 is 45.9 Å². The molecular weight excluding hydrogens is 743 g/mol. The zero-order valence-electron chi connectivity index (χ0n) is 36.9. The van der Waals surface area contributed by atoms with E-state index in [0.29, 0.717) is 12.8 Å². The van der Waals surface area contributed by atoms with Crippen LogP contribution in [0.1, 0.15) is 201 Å². The number of carboxylic acid groups (broad SMARTS) is 1. The fraction of sp³-hybridized carbons (Fsp3) is 0.911. The molecule has 1 aliphatic heterocycles. The Morgan fingerprint density at radius 2 is 0.966 bits per heavy atom. The number of rotatable bonds is 37. The molecule has 0 aromatic rings. The zero-order valence-corrected chi connectivity index (χ0v) is 36.9. The van der Waals surface area contributed by atoms with Crippen molar-refractivity contribution in [1.82, 2.24) is 16.0 Å². The second kappa shape index (κ2) is 34.4. The third kappa shape index (κ3) is 24.7. The minimum absolute atomic E-state index is 0.172. The van der Waals surface area contributed by atoms with Crippen LogP contribution in [0.15, 0.2) is 0 Å². The van der Waals surface area contributed by atoms with Crippen molar-refractivity contribution in [2.24, 2.45) is 5.92 Å². The summed E-state index contributed by atoms with van der Waals surface area (Å²) in [5, 5.41) is 48.1. The van der Waals surface area contributed by atoms with E-state index in [9.17, 15) is 39.6 Å². The highest BCUT2D eigenvalue weighted by molar-refractivity contribution is 5.92. The number of likely N-dealkylation sites (N-methyl/N-ethyl adjacent to an activating group) is 1. The van der Waals surface area contributed by atoms with Gasteiger partial charge in [0, 0.05) is 19.4 Å². The lowest BCUT2D eigenvalue weighted by Crippen LogP contribution is -2.59. The molecule has 0 aliphatic carbocycles. The summed E-state index contributed by atoms with van der Waals surface area (Å²) in [5.41, 5.74) is 0. The van der Waals surface area contributed by atoms with E-state index in [2.05, 4.69) is 29.8 Å². The number of aliphatic hydroxyl groups excluding tert-OH is 3. The predicted molar refractivity (Wildman–Crippen MR) is 228 cm³/mol. The van der Waals surface area contributed by atoms with Gasteiger partial charge in [-0.15, -0.1) is 0 Å². The summed E-state index contributed by atoms with van der Waals surface area (Å²) in [5.74, 6) is -3.15. The van der Waals surface area contributed by atoms with Crippen LogP contribution in [0.5, 0.6) is 0 Å². The molecule has 1 rings (SSSR count). The molecule has 0 spiro atoms. The van der Waals surface area contributed by atoms with E-state index < -0.39 is 67.2 Å². The SMILES string of the molecule is CCCCCCCCCCCCCCC(CCCCCCCCCCCCCC)C(=O)N[C@@H](CO[C@H]1O[C@@H](C)[C@@H](O)[C@@H](O)[C@@H]1O)C(=O)N[C@H](CCC(=O)O)C(=O)NC. The van der Waals surface area contributed by atoms with Crippen LogP contribution in [-0.4, -0.2) is 101 Å². The van der Waals surface area contributed by atoms with E-state index in [1.165, 1.54) is 130 Å². The molecule has 340 valence electrons. The van der Waals surface area contributed by atoms with Crippen molar-refractivity contribution in [3.05, 3.63) is 0 Å². The van der Waals surface area contributed by atoms with Crippen molar-refractivity contribution in [2.75, 3.05) is 13.7 Å². The zero-order chi connectivity index (χ0) is 43.0. The first-order valence-electron chi connectivity index (χ1n) is 23.3. The average Bonchev–Trinajstić information content (AvgIpc) is 3.21. The summed E-state index contributed by atoms with van der Waals surface area (Å²) in [6, 6.07) is -2.51. The second-order valence-electron chi connectivity index (χ2n) is 16.7. The Kier molecular flexibility index (Phi) is 31.8. The minimum atomic E-state index is -1.62. The highest BCUT2D eigenvalue weighted by Gasteiger charge is 2.43. The molecule has 1 saturated heterocycles. The molecule has 0 unspecified atom stereocenters. The maximum absolute atomic E-state index is 14.0. The van der Waals surface area contributed by atoms with Crippen LogP contribution < -0.4 is 16.0 Å². The molecule has 7 atom stereocenters. The van der Waals surface area contributed by atoms with E-state index in [-0.39, 0.29) is 24.7 Å². The van der Waals surface area contributed by atoms with Crippen LogP contribution in [0.25, 0.3) is 0 Å². The molecule has 58 heavy (non-hydrogen) atoms. The van der Waals surface area contributed by atoms with Crippen molar-refractivity contribution >= 4 is 23.7 Å². The monoisotopic (exact) mass is 828 g/mol. The number of carbonyl (C=O) groups is 4. The molecule has 1 fully saturated rings. The largest absolute Gasteiger partial charge is 0.481 e. The Labute approximate surface area is 350 Å². The Morgan fingerprint density at radius 1 is 0.552 bits per heavy atom. The van der Waals surface area contributed by atoms with Crippen molar-refractivity contribution in [2.45, 2.75) is 243 Å². The lowest BCUT2D eigenvalue weighted by Gasteiger charge is -2.39. The Bertz CT molecular complexity index is 1050. The fourth-order valence-corrected chi connectivity index (χ4v) is 7.67. The average molecular weight is 828 g/mol. The van der Waals surface area contributed by atoms with Crippen LogP contribution in [0, 0.1) is 5.92 Å². The number of aliphatic carboxylic acids is 1. The van der Waals surface area contributed by atoms with Crippen LogP contribution >= 0.6 is 0 Å². The normalized spacial score (nSPS) is 20.4. The molecule has 13 nitrogen and oxygen atoms in total. The molecule has 1 heterocycles. The van der Waals surface area contributed by atoms with Gasteiger partial charge in [0.1, 0.15) is 30.4 Å². The Hall–Kier alpha value is -2.32. The Morgan fingerprint density at radius 3 is 1.38 bits per heavy atom. The molecule has 0 saturated carbocycles. The first kappa shape index (κ1) is 53.7. The third-order valence-corrected chi connectivity index (χ3v) is 11.6. The van der Waals surface area contributed by atoms with Crippen LogP contribution in [0.2, 0.25) is 0 Å². The number of amides is 3. The molecular formula is C45H85N3O10. The number of carboxylic acids is 1. The second-order valence-corrected chi connectivity index (χ2v) is 16.7. The number of carbonyl (C=O) groups excluding carboxylic acids is 3. The van der Waals surface area contributed by atoms with Crippen molar-refractivity contribution in [3.8, 4) is 0 Å². The van der Waals surface area contributed by atoms with Gasteiger partial charge in [-0.25, -0.2) is 0 Å². The maximum atomic E-state index is 14.0. The minimum Gasteiger partial charge on any atom is -0.481 e. The molecule has 3 amide bonds. The lowest BCUT2D eigenvalue weighted by molar-refractivity contribution is -0.293. The number of aliphatic hydroxyl groups is 3. The summed E-state index contributed by atoms with van der Waals surface area (Å²) in [6.45, 7) is 5.51. The van der Waals surface area contributed by atoms with Gasteiger partial charge in [0.2, 0.25) is 17.7 Å². The number of nitrogens with one attached hydrogen (secondary N) is 3. The smallest absolute Gasteiger partial charge is 0.303 e. The number of hydrogen-bond donors (Lipinski definition) is 7. The number of ether oxygens (including phenoxy) is 2. The first-order valence-corrected chi connectivity index (χ1v) is 23.3. The summed E-state index contributed by atoms with van der Waals surface area (Å²) in [4.78, 5) is 51.7. The van der Waals surface area contributed by atoms with E-state index in [1.807, 2.05) is 0 Å². The van der Waals surface area contributed by atoms with Gasteiger partial charge in [-0.1, -0.05) is 168 Å². The summed E-state index contributed by atoms with van der Waals surface area (Å²) < 4.78 is 11.3. The van der Waals surface area contributed by atoms with Gasteiger partial charge in [0.25, 0.3) is 0 Å². The van der Waals surface area contributed by atoms with Crippen molar-refractivity contribution in [3.63, 3.8) is 0 Å². The van der Waals surface area contributed by atoms with E-state index in [0.717, 1.165) is 38.5 Å². The molecule has 0 aromatic heterocycles. The summed E-state index contributed by atoms with van der Waals surface area (Å²) in [6.07, 6.45) is 23.1. The van der Waals surface area contributed by atoms with Crippen molar-refractivity contribution in [1.29, 1.82) is 0 Å². The standard InChI is InChI=1S/C45H85N3O10/c1-5-7-9-11-13-15-17-19-21-23-25-27-29-35(30-28-26-24-22-20-18-16-14-12-10-8-6-2)42(54)48-37(33-57-45-41(53)40(52)39(51)34(3)58-45)44(56)47-36(43(55)46-4)31-32-38(49)50/h34-37,39-41,45,51-53H,5-33H2,1-4H3,(H,46,55)(H,47,56)(H,48,54)(H,49,50)/t34-,36+,37-,39+,40+,41-,45-/m0/s1. The van der Waals surface area contributed by atoms with Gasteiger partial charge in [0.05, 0.1) is 12.7 Å². The number of hydrogen-bond acceptors (Lipinski definition) is 9. The Balaban J connectivity index is 2.93. The highest BCUT2D eigenvalue weighted by Crippen LogP contribution is 2.23. The quantitative estimate of drug-likeness (QED) is 0.0314. The summed E-state index contributed by atoms with van der Waals surface area (Å²) in [7, 11) is 1.38. The summed E-state index contributed by atoms with van der Waals surface area (Å²) >= 11 is 0. The molecule has 13 heteroatoms. The first-order chi connectivity index (χ1) is 28.0. The highest BCUT2D eigenvalue weighted by atomic mass is 16.7. The van der Waals surface area contributed by atoms with Crippen LogP contribution in [0.3, 0.4) is 0 Å². The molecule has 1 aliphatic rings. The van der Waals surface area contributed by atoms with E-state index in [4.69, 9.17) is 9.47 Å². The van der Waals surface area contributed by atoms with Gasteiger partial charge in [-0.05, 0) is 26.2 Å². The van der Waals surface area contributed by atoms with Gasteiger partial charge in [-0.2, -0.15) is 0 Å². The molecule has 7 N–H and O–H groups in total. The van der Waals surface area contributed by atoms with E-state index in [1.54, 1.807) is 0 Å². The number of unbranched alkanes of at least 4 members (excludes halogenated alkanes) is 22. The molecule has 0 bridgehead atoms. The predicted octanol–water partition coefficient (Wildman–Crippen LogP) is 7.21.